The van der Waals surface area contributed by atoms with E-state index in [1.807, 2.05) is 43.6 Å². The van der Waals surface area contributed by atoms with Crippen LogP contribution in [0.2, 0.25) is 5.02 Å². The highest BCUT2D eigenvalue weighted by Gasteiger charge is 2.29. The van der Waals surface area contributed by atoms with Crippen molar-refractivity contribution in [2.24, 2.45) is 18.7 Å². The lowest BCUT2D eigenvalue weighted by Crippen LogP contribution is -2.22. The van der Waals surface area contributed by atoms with Gasteiger partial charge in [0.25, 0.3) is 5.91 Å². The second-order valence-electron chi connectivity index (χ2n) is 7.58. The van der Waals surface area contributed by atoms with E-state index in [2.05, 4.69) is 10.00 Å². The number of aryl methyl sites for hydroxylation is 1. The maximum Gasteiger partial charge on any atom is 0.254 e. The number of carbonyl (C=O) groups is 1. The predicted molar refractivity (Wildman–Crippen MR) is 115 cm³/mol. The van der Waals surface area contributed by atoms with E-state index >= 15 is 0 Å². The van der Waals surface area contributed by atoms with Crippen LogP contribution in [0.1, 0.15) is 23.2 Å². The molecule has 0 radical (unpaired) electrons. The third kappa shape index (κ3) is 3.39. The molecule has 0 spiro atoms. The standard InChI is InChI=1S/C21H20ClN7O/c1-27-12-17(19(26-27)14-3-2-4-15(22)9-14)28(11-13-5-6-13)18-7-8-29-21(25-18)16(10-24-29)20(23)30/h2-4,7-10,12-13H,5-6,11H2,1H3,(H2,23,30). The molecule has 2 N–H and O–H groups in total. The number of amides is 1. The first-order chi connectivity index (χ1) is 14.5. The van der Waals surface area contributed by atoms with Gasteiger partial charge in [0.15, 0.2) is 5.65 Å². The van der Waals surface area contributed by atoms with Gasteiger partial charge in [-0.05, 0) is 37.0 Å². The van der Waals surface area contributed by atoms with Gasteiger partial charge in [0.2, 0.25) is 0 Å². The Morgan fingerprint density at radius 3 is 2.90 bits per heavy atom. The van der Waals surface area contributed by atoms with Gasteiger partial charge < -0.3 is 10.6 Å². The van der Waals surface area contributed by atoms with Crippen molar-refractivity contribution in [3.8, 4) is 11.3 Å². The van der Waals surface area contributed by atoms with E-state index < -0.39 is 5.91 Å². The van der Waals surface area contributed by atoms with Crippen molar-refractivity contribution in [2.75, 3.05) is 11.4 Å². The summed E-state index contributed by atoms with van der Waals surface area (Å²) in [5.74, 6) is 0.758. The first-order valence-corrected chi connectivity index (χ1v) is 10.1. The molecule has 1 amide bonds. The molecule has 1 fully saturated rings. The van der Waals surface area contributed by atoms with Crippen molar-refractivity contribution in [1.29, 1.82) is 0 Å². The third-order valence-electron chi connectivity index (χ3n) is 5.23. The summed E-state index contributed by atoms with van der Waals surface area (Å²) in [6.07, 6.45) is 7.59. The van der Waals surface area contributed by atoms with Gasteiger partial charge in [-0.25, -0.2) is 9.50 Å². The molecule has 30 heavy (non-hydrogen) atoms. The minimum absolute atomic E-state index is 0.296. The maximum absolute atomic E-state index is 11.8. The highest BCUT2D eigenvalue weighted by atomic mass is 35.5. The summed E-state index contributed by atoms with van der Waals surface area (Å²) in [6.45, 7) is 0.808. The highest BCUT2D eigenvalue weighted by Crippen LogP contribution is 2.39. The topological polar surface area (TPSA) is 94.3 Å². The molecule has 0 atom stereocenters. The summed E-state index contributed by atoms with van der Waals surface area (Å²) in [5, 5.41) is 9.52. The van der Waals surface area contributed by atoms with Crippen LogP contribution in [0.5, 0.6) is 0 Å². The SMILES string of the molecule is Cn1cc(N(CC2CC2)c2ccn3ncc(C(N)=O)c3n2)c(-c2cccc(Cl)c2)n1. The normalized spacial score (nSPS) is 13.7. The Hall–Kier alpha value is -3.39. The first-order valence-electron chi connectivity index (χ1n) is 9.71. The molecule has 5 rings (SSSR count). The molecule has 0 bridgehead atoms. The first kappa shape index (κ1) is 18.6. The number of hydrogen-bond acceptors (Lipinski definition) is 5. The van der Waals surface area contributed by atoms with Crippen LogP contribution < -0.4 is 10.6 Å². The molecule has 0 unspecified atom stereocenters. The summed E-state index contributed by atoms with van der Waals surface area (Å²) in [5.41, 5.74) is 8.92. The fourth-order valence-corrected chi connectivity index (χ4v) is 3.76. The van der Waals surface area contributed by atoms with Crippen LogP contribution in [0, 0.1) is 5.92 Å². The predicted octanol–water partition coefficient (Wildman–Crippen LogP) is 3.43. The van der Waals surface area contributed by atoms with Crippen LogP contribution in [0.15, 0.2) is 48.9 Å². The largest absolute Gasteiger partial charge is 0.365 e. The molecule has 1 saturated carbocycles. The van der Waals surface area contributed by atoms with E-state index in [-0.39, 0.29) is 0 Å². The molecule has 0 aliphatic heterocycles. The van der Waals surface area contributed by atoms with Crippen molar-refractivity contribution >= 4 is 34.7 Å². The van der Waals surface area contributed by atoms with E-state index in [0.717, 1.165) is 23.5 Å². The Bertz CT molecular complexity index is 1260. The summed E-state index contributed by atoms with van der Waals surface area (Å²) < 4.78 is 3.34. The van der Waals surface area contributed by atoms with Crippen LogP contribution in [0.25, 0.3) is 16.9 Å². The fourth-order valence-electron chi connectivity index (χ4n) is 3.57. The zero-order valence-corrected chi connectivity index (χ0v) is 17.1. The van der Waals surface area contributed by atoms with Crippen molar-refractivity contribution in [1.82, 2.24) is 24.4 Å². The molecule has 0 saturated heterocycles. The molecule has 8 nitrogen and oxygen atoms in total. The van der Waals surface area contributed by atoms with E-state index in [0.29, 0.717) is 28.0 Å². The van der Waals surface area contributed by atoms with Gasteiger partial charge in [-0.2, -0.15) is 10.2 Å². The van der Waals surface area contributed by atoms with Crippen molar-refractivity contribution in [3.05, 3.63) is 59.5 Å². The number of benzene rings is 1. The molecular weight excluding hydrogens is 402 g/mol. The van der Waals surface area contributed by atoms with E-state index in [4.69, 9.17) is 27.4 Å². The number of primary amides is 1. The average molecular weight is 422 g/mol. The molecule has 9 heteroatoms. The van der Waals surface area contributed by atoms with Crippen LogP contribution in [0.3, 0.4) is 0 Å². The minimum atomic E-state index is -0.551. The van der Waals surface area contributed by atoms with Crippen LogP contribution in [-0.2, 0) is 7.05 Å². The molecule has 1 aliphatic rings. The quantitative estimate of drug-likeness (QED) is 0.514. The van der Waals surface area contributed by atoms with Crippen molar-refractivity contribution in [2.45, 2.75) is 12.8 Å². The van der Waals surface area contributed by atoms with Gasteiger partial charge in [-0.15, -0.1) is 0 Å². The lowest BCUT2D eigenvalue weighted by Gasteiger charge is -2.23. The third-order valence-corrected chi connectivity index (χ3v) is 5.47. The van der Waals surface area contributed by atoms with E-state index in [1.54, 1.807) is 15.4 Å². The molecule has 1 aliphatic carbocycles. The second kappa shape index (κ2) is 7.14. The number of nitrogens with two attached hydrogens (primary N) is 1. The summed E-state index contributed by atoms with van der Waals surface area (Å²) in [6, 6.07) is 9.54. The zero-order chi connectivity index (χ0) is 20.8. The van der Waals surface area contributed by atoms with Gasteiger partial charge in [0, 0.05) is 36.6 Å². The van der Waals surface area contributed by atoms with Gasteiger partial charge in [0.05, 0.1) is 11.9 Å². The van der Waals surface area contributed by atoms with Crippen molar-refractivity contribution in [3.63, 3.8) is 0 Å². The summed E-state index contributed by atoms with van der Waals surface area (Å²) in [4.78, 5) is 18.7. The number of fused-ring (bicyclic) bond motifs is 1. The molecule has 1 aromatic carbocycles. The Kier molecular flexibility index (Phi) is 4.43. The number of halogens is 1. The number of rotatable bonds is 6. The summed E-state index contributed by atoms with van der Waals surface area (Å²) >= 11 is 6.23. The van der Waals surface area contributed by atoms with E-state index in [1.165, 1.54) is 19.0 Å². The second-order valence-corrected chi connectivity index (χ2v) is 8.01. The molecular formula is C21H20ClN7O. The molecule has 3 aromatic heterocycles. The average Bonchev–Trinajstić information content (AvgIpc) is 3.30. The smallest absolute Gasteiger partial charge is 0.254 e. The molecule has 4 aromatic rings. The summed E-state index contributed by atoms with van der Waals surface area (Å²) in [7, 11) is 1.89. The van der Waals surface area contributed by atoms with Crippen molar-refractivity contribution < 1.29 is 4.79 Å². The zero-order valence-electron chi connectivity index (χ0n) is 16.4. The molecule has 3 heterocycles. The van der Waals surface area contributed by atoms with Gasteiger partial charge in [-0.1, -0.05) is 23.7 Å². The number of carbonyl (C=O) groups excluding carboxylic acids is 1. The van der Waals surface area contributed by atoms with Gasteiger partial charge in [-0.3, -0.25) is 9.48 Å². The van der Waals surface area contributed by atoms with Crippen LogP contribution in [0.4, 0.5) is 11.5 Å². The minimum Gasteiger partial charge on any atom is -0.365 e. The maximum atomic E-state index is 11.8. The Labute approximate surface area is 177 Å². The number of nitrogens with zero attached hydrogens (tertiary/aromatic N) is 6. The van der Waals surface area contributed by atoms with Crippen LogP contribution >= 0.6 is 11.6 Å². The number of anilines is 2. The number of hydrogen-bond donors (Lipinski definition) is 1. The van der Waals surface area contributed by atoms with Crippen LogP contribution in [-0.4, -0.2) is 36.8 Å². The Morgan fingerprint density at radius 2 is 2.17 bits per heavy atom. The fraction of sp³-hybridized carbons (Fsp3) is 0.238. The van der Waals surface area contributed by atoms with E-state index in [9.17, 15) is 4.79 Å². The monoisotopic (exact) mass is 421 g/mol. The Balaban J connectivity index is 1.65. The molecule has 152 valence electrons. The van der Waals surface area contributed by atoms with Gasteiger partial charge in [0.1, 0.15) is 17.1 Å². The highest BCUT2D eigenvalue weighted by molar-refractivity contribution is 6.30. The Morgan fingerprint density at radius 1 is 1.33 bits per heavy atom. The number of aromatic nitrogens is 5. The lowest BCUT2D eigenvalue weighted by molar-refractivity contribution is 0.100. The lowest BCUT2D eigenvalue weighted by atomic mass is 10.1. The van der Waals surface area contributed by atoms with Gasteiger partial charge >= 0.3 is 0 Å².